The molecule has 2 heterocycles. The van der Waals surface area contributed by atoms with Crippen LogP contribution in [0.4, 0.5) is 13.2 Å². The van der Waals surface area contributed by atoms with Crippen LogP contribution in [0.15, 0.2) is 24.4 Å². The van der Waals surface area contributed by atoms with E-state index in [1.54, 1.807) is 0 Å². The molecule has 2 unspecified atom stereocenters. The van der Waals surface area contributed by atoms with Crippen LogP contribution in [0.25, 0.3) is 10.9 Å². The monoisotopic (exact) mass is 286 g/mol. The first-order valence-corrected chi connectivity index (χ1v) is 6.31. The molecule has 2 atom stereocenters. The molecule has 0 spiro atoms. The van der Waals surface area contributed by atoms with Crippen LogP contribution in [0, 0.1) is 0 Å². The number of rotatable bonds is 2. The number of ether oxygens (including phenoxy) is 1. The van der Waals surface area contributed by atoms with Gasteiger partial charge in [-0.1, -0.05) is 0 Å². The Morgan fingerprint density at radius 1 is 1.40 bits per heavy atom. The van der Waals surface area contributed by atoms with Gasteiger partial charge in [0.05, 0.1) is 11.7 Å². The van der Waals surface area contributed by atoms with Crippen LogP contribution >= 0.6 is 0 Å². The number of halogens is 3. The van der Waals surface area contributed by atoms with Crippen molar-refractivity contribution in [1.29, 1.82) is 0 Å². The molecule has 108 valence electrons. The maximum Gasteiger partial charge on any atom is 0.372 e. The van der Waals surface area contributed by atoms with Gasteiger partial charge in [0.1, 0.15) is 11.9 Å². The number of benzene rings is 1. The molecular formula is C13H13F3N2O2. The van der Waals surface area contributed by atoms with Crippen LogP contribution in [0.1, 0.15) is 12.8 Å². The van der Waals surface area contributed by atoms with E-state index in [1.807, 2.05) is 0 Å². The second-order valence-corrected chi connectivity index (χ2v) is 4.84. The molecule has 1 aromatic heterocycles. The summed E-state index contributed by atoms with van der Waals surface area (Å²) in [5, 5.41) is 13.5. The highest BCUT2D eigenvalue weighted by molar-refractivity contribution is 5.80. The van der Waals surface area contributed by atoms with Gasteiger partial charge in [-0.25, -0.2) is 4.39 Å². The van der Waals surface area contributed by atoms with Crippen molar-refractivity contribution < 1.29 is 23.0 Å². The van der Waals surface area contributed by atoms with Crippen LogP contribution in [0.3, 0.4) is 0 Å². The van der Waals surface area contributed by atoms with Gasteiger partial charge >= 0.3 is 6.05 Å². The van der Waals surface area contributed by atoms with Gasteiger partial charge in [-0.15, -0.1) is 0 Å². The van der Waals surface area contributed by atoms with Gasteiger partial charge < -0.3 is 9.84 Å². The van der Waals surface area contributed by atoms with Crippen LogP contribution < -0.4 is 0 Å². The Bertz CT molecular complexity index is 629. The molecule has 0 aliphatic carbocycles. The highest BCUT2D eigenvalue weighted by Gasteiger charge is 2.50. The molecule has 1 N–H and O–H groups in total. The lowest BCUT2D eigenvalue weighted by Gasteiger charge is -2.32. The van der Waals surface area contributed by atoms with E-state index >= 15 is 0 Å². The van der Waals surface area contributed by atoms with Crippen LogP contribution in [0.5, 0.6) is 5.75 Å². The standard InChI is InChI=1S/C13H13F3N2O2/c14-10-2-1-5-20-12(10)13(15,16)18-11-6-9(19)4-3-8(11)7-17-18/h3-4,6-7,10,12,19H,1-2,5H2. The second kappa shape index (κ2) is 4.66. The molecule has 2 aromatic rings. The predicted molar refractivity (Wildman–Crippen MR) is 65.5 cm³/mol. The molecule has 0 bridgehead atoms. The van der Waals surface area contributed by atoms with Gasteiger partial charge in [0.25, 0.3) is 0 Å². The van der Waals surface area contributed by atoms with E-state index in [0.29, 0.717) is 16.5 Å². The summed E-state index contributed by atoms with van der Waals surface area (Å²) in [5.74, 6) is -0.156. The summed E-state index contributed by atoms with van der Waals surface area (Å²) in [6, 6.07) is 0.405. The normalized spacial score (nSPS) is 24.1. The first-order valence-electron chi connectivity index (χ1n) is 6.31. The average Bonchev–Trinajstić information content (AvgIpc) is 2.82. The van der Waals surface area contributed by atoms with Crippen LogP contribution in [0.2, 0.25) is 0 Å². The first-order chi connectivity index (χ1) is 9.50. The van der Waals surface area contributed by atoms with Gasteiger partial charge in [-0.05, 0) is 25.0 Å². The molecule has 4 nitrogen and oxygen atoms in total. The molecule has 1 saturated heterocycles. The smallest absolute Gasteiger partial charge is 0.372 e. The quantitative estimate of drug-likeness (QED) is 0.923. The van der Waals surface area contributed by atoms with E-state index < -0.39 is 18.3 Å². The van der Waals surface area contributed by atoms with Crippen molar-refractivity contribution in [3.05, 3.63) is 24.4 Å². The molecular weight excluding hydrogens is 273 g/mol. The average molecular weight is 286 g/mol. The summed E-state index contributed by atoms with van der Waals surface area (Å²) in [4.78, 5) is 0. The molecule has 1 aliphatic heterocycles. The number of aromatic nitrogens is 2. The van der Waals surface area contributed by atoms with E-state index in [2.05, 4.69) is 5.10 Å². The van der Waals surface area contributed by atoms with Gasteiger partial charge in [0, 0.05) is 18.1 Å². The summed E-state index contributed by atoms with van der Waals surface area (Å²) < 4.78 is 47.9. The van der Waals surface area contributed by atoms with Gasteiger partial charge in [0.2, 0.25) is 0 Å². The minimum absolute atomic E-state index is 0.0383. The highest BCUT2D eigenvalue weighted by atomic mass is 19.3. The van der Waals surface area contributed by atoms with Gasteiger partial charge in [-0.2, -0.15) is 18.6 Å². The Morgan fingerprint density at radius 3 is 2.95 bits per heavy atom. The van der Waals surface area contributed by atoms with Crippen molar-refractivity contribution in [3.63, 3.8) is 0 Å². The Labute approximate surface area is 112 Å². The third-order valence-electron chi connectivity index (χ3n) is 3.43. The minimum atomic E-state index is -3.62. The van der Waals surface area contributed by atoms with Crippen molar-refractivity contribution in [3.8, 4) is 5.75 Å². The Morgan fingerprint density at radius 2 is 2.20 bits per heavy atom. The summed E-state index contributed by atoms with van der Waals surface area (Å²) in [5.41, 5.74) is 0.0383. The Hall–Kier alpha value is -1.76. The van der Waals surface area contributed by atoms with E-state index in [-0.39, 0.29) is 24.3 Å². The molecule has 1 aliphatic rings. The molecule has 3 rings (SSSR count). The second-order valence-electron chi connectivity index (χ2n) is 4.84. The number of fused-ring (bicyclic) bond motifs is 1. The minimum Gasteiger partial charge on any atom is -0.508 e. The fraction of sp³-hybridized carbons (Fsp3) is 0.462. The zero-order chi connectivity index (χ0) is 14.3. The number of hydrogen-bond donors (Lipinski definition) is 1. The summed E-state index contributed by atoms with van der Waals surface area (Å²) >= 11 is 0. The van der Waals surface area contributed by atoms with Crippen LogP contribution in [-0.4, -0.2) is 33.8 Å². The summed E-state index contributed by atoms with van der Waals surface area (Å²) in [7, 11) is 0. The maximum atomic E-state index is 14.4. The molecule has 0 radical (unpaired) electrons. The fourth-order valence-corrected chi connectivity index (χ4v) is 2.43. The maximum absolute atomic E-state index is 14.4. The highest BCUT2D eigenvalue weighted by Crippen LogP contribution is 2.36. The Kier molecular flexibility index (Phi) is 3.08. The van der Waals surface area contributed by atoms with E-state index in [0.717, 1.165) is 0 Å². The summed E-state index contributed by atoms with van der Waals surface area (Å²) in [6.07, 6.45) is -1.88. The zero-order valence-electron chi connectivity index (χ0n) is 10.5. The molecule has 0 saturated carbocycles. The van der Waals surface area contributed by atoms with Crippen molar-refractivity contribution in [1.82, 2.24) is 9.78 Å². The fourth-order valence-electron chi connectivity index (χ4n) is 2.43. The van der Waals surface area contributed by atoms with E-state index in [4.69, 9.17) is 4.74 Å². The number of hydrogen-bond acceptors (Lipinski definition) is 3. The number of nitrogens with zero attached hydrogens (tertiary/aromatic N) is 2. The van der Waals surface area contributed by atoms with Crippen molar-refractivity contribution in [2.24, 2.45) is 0 Å². The topological polar surface area (TPSA) is 47.3 Å². The third kappa shape index (κ3) is 2.02. The SMILES string of the molecule is Oc1ccc2cnn(C(F)(F)C3OCCCC3F)c2c1. The van der Waals surface area contributed by atoms with Crippen molar-refractivity contribution in [2.75, 3.05) is 6.61 Å². The molecule has 1 aromatic carbocycles. The lowest BCUT2D eigenvalue weighted by molar-refractivity contribution is -0.228. The summed E-state index contributed by atoms with van der Waals surface area (Å²) in [6.45, 7) is 0.102. The molecule has 20 heavy (non-hydrogen) atoms. The third-order valence-corrected chi connectivity index (χ3v) is 3.43. The molecule has 1 fully saturated rings. The number of phenols is 1. The zero-order valence-corrected chi connectivity index (χ0v) is 10.5. The van der Waals surface area contributed by atoms with Crippen molar-refractivity contribution in [2.45, 2.75) is 31.2 Å². The van der Waals surface area contributed by atoms with E-state index in [9.17, 15) is 18.3 Å². The first kappa shape index (κ1) is 13.2. The number of phenolic OH excluding ortho intramolecular Hbond substituents is 1. The lowest BCUT2D eigenvalue weighted by atomic mass is 10.1. The van der Waals surface area contributed by atoms with E-state index in [1.165, 1.54) is 24.4 Å². The van der Waals surface area contributed by atoms with Gasteiger partial charge in [-0.3, -0.25) is 0 Å². The lowest BCUT2D eigenvalue weighted by Crippen LogP contribution is -2.47. The predicted octanol–water partition coefficient (Wildman–Crippen LogP) is 2.81. The van der Waals surface area contributed by atoms with Gasteiger partial charge in [0.15, 0.2) is 6.10 Å². The molecule has 7 heteroatoms. The van der Waals surface area contributed by atoms with Crippen molar-refractivity contribution >= 4 is 10.9 Å². The number of alkyl halides is 3. The molecule has 0 amide bonds. The number of aromatic hydroxyl groups is 1. The van der Waals surface area contributed by atoms with Crippen LogP contribution in [-0.2, 0) is 10.8 Å². The largest absolute Gasteiger partial charge is 0.508 e. The Balaban J connectivity index is 2.06.